The molecule has 0 aliphatic carbocycles. The van der Waals surface area contributed by atoms with Crippen molar-refractivity contribution in [2.45, 2.75) is 53.4 Å². The van der Waals surface area contributed by atoms with Gasteiger partial charge >= 0.3 is 0 Å². The highest BCUT2D eigenvalue weighted by Crippen LogP contribution is 2.36. The van der Waals surface area contributed by atoms with Crippen LogP contribution in [0.3, 0.4) is 0 Å². The number of carbonyl (C=O) groups is 2. The van der Waals surface area contributed by atoms with Gasteiger partial charge in [0.15, 0.2) is 0 Å². The van der Waals surface area contributed by atoms with Gasteiger partial charge in [0.05, 0.1) is 22.8 Å². The van der Waals surface area contributed by atoms with Crippen molar-refractivity contribution in [3.05, 3.63) is 88.5 Å². The average molecular weight is 647 g/mol. The van der Waals surface area contributed by atoms with Gasteiger partial charge in [-0.05, 0) is 98.2 Å². The van der Waals surface area contributed by atoms with Gasteiger partial charge in [-0.1, -0.05) is 25.3 Å². The van der Waals surface area contributed by atoms with E-state index in [1.807, 2.05) is 31.2 Å². The predicted molar refractivity (Wildman–Crippen MR) is 197 cm³/mol. The van der Waals surface area contributed by atoms with Gasteiger partial charge in [-0.15, -0.1) is 0 Å². The van der Waals surface area contributed by atoms with Gasteiger partial charge in [-0.2, -0.15) is 0 Å². The lowest BCUT2D eigenvalue weighted by atomic mass is 10.00. The van der Waals surface area contributed by atoms with Gasteiger partial charge in [-0.3, -0.25) is 9.59 Å². The number of fused-ring (bicyclic) bond motifs is 8. The Balaban J connectivity index is 1.81. The molecule has 8 bridgehead atoms. The number of aryl methyl sites for hydroxylation is 3. The molecule has 10 heteroatoms. The zero-order valence-corrected chi connectivity index (χ0v) is 28.4. The van der Waals surface area contributed by atoms with Crippen LogP contribution in [-0.2, 0) is 16.0 Å². The first-order valence-corrected chi connectivity index (χ1v) is 16.4. The van der Waals surface area contributed by atoms with E-state index in [2.05, 4.69) is 66.7 Å². The Bertz CT molecular complexity index is 2030. The molecule has 0 saturated carbocycles. The lowest BCUT2D eigenvalue weighted by molar-refractivity contribution is -0.121. The fourth-order valence-corrected chi connectivity index (χ4v) is 6.38. The fourth-order valence-electron chi connectivity index (χ4n) is 6.38. The zero-order valence-electron chi connectivity index (χ0n) is 28.4. The number of nitrogens with two attached hydrogens (primary N) is 2. The van der Waals surface area contributed by atoms with Crippen LogP contribution in [-0.4, -0.2) is 57.9 Å². The van der Waals surface area contributed by atoms with E-state index in [1.54, 1.807) is 0 Å². The number of allylic oxidation sites excluding steroid dienone is 5. The Morgan fingerprint density at radius 1 is 0.708 bits per heavy atom. The molecule has 10 nitrogen and oxygen atoms in total. The molecule has 0 spiro atoms. The Kier molecular flexibility index (Phi) is 10.6. The molecule has 0 unspecified atom stereocenters. The molecule has 0 aromatic carbocycles. The molecular weight excluding hydrogens is 600 g/mol. The Morgan fingerprint density at radius 3 is 1.90 bits per heavy atom. The monoisotopic (exact) mass is 646 g/mol. The van der Waals surface area contributed by atoms with Crippen molar-refractivity contribution >= 4 is 62.2 Å². The van der Waals surface area contributed by atoms with Gasteiger partial charge in [0.2, 0.25) is 11.8 Å². The largest absolute Gasteiger partial charge is 0.355 e. The summed E-state index contributed by atoms with van der Waals surface area (Å²) in [5.74, 6) is -0.112. The van der Waals surface area contributed by atoms with Crippen molar-refractivity contribution < 1.29 is 9.59 Å². The van der Waals surface area contributed by atoms with Crippen LogP contribution in [0.5, 0.6) is 0 Å². The Labute approximate surface area is 281 Å². The van der Waals surface area contributed by atoms with E-state index in [9.17, 15) is 9.59 Å². The van der Waals surface area contributed by atoms with E-state index in [0.29, 0.717) is 51.9 Å². The highest BCUT2D eigenvalue weighted by molar-refractivity contribution is 5.98. The van der Waals surface area contributed by atoms with Crippen molar-refractivity contribution in [2.24, 2.45) is 11.5 Å². The number of rotatable bonds is 12. The summed E-state index contributed by atoms with van der Waals surface area (Å²) < 4.78 is 0. The lowest BCUT2D eigenvalue weighted by Gasteiger charge is -2.06. The summed E-state index contributed by atoms with van der Waals surface area (Å²) in [5.41, 5.74) is 26.1. The first kappa shape index (κ1) is 34.3. The van der Waals surface area contributed by atoms with Crippen molar-refractivity contribution in [3.63, 3.8) is 0 Å². The molecule has 2 aliphatic rings. The SMILES string of the molecule is C=CC1=C(C)c2cc3[nH]c(cc4nc(cc5[nH]c(cc1n2)c(C)c5CCC(=O)NCCN)C(CCC(=O)NCCN)=C4C)c(C)c3C=C. The van der Waals surface area contributed by atoms with Gasteiger partial charge < -0.3 is 32.1 Å². The number of H-pyrrole nitrogens is 2. The third-order valence-electron chi connectivity index (χ3n) is 9.18. The maximum absolute atomic E-state index is 12.6. The normalized spacial score (nSPS) is 12.8. The highest BCUT2D eigenvalue weighted by atomic mass is 16.2. The fraction of sp³-hybridized carbons (Fsp3) is 0.316. The molecule has 8 N–H and O–H groups in total. The van der Waals surface area contributed by atoms with E-state index < -0.39 is 0 Å². The zero-order chi connectivity index (χ0) is 34.5. The van der Waals surface area contributed by atoms with Crippen LogP contribution >= 0.6 is 0 Å². The standard InChI is InChI=1S/C38H46N8O2/c1-7-25-21(3)29-17-30-23(5)27(9-11-37(47)41-15-13-39)35(45-30)20-36-28(10-12-38(48)42-16-14-40)24(6)32(46-36)19-34-26(8-2)22(4)31(44-34)18-33(25)43-29/h7-8,17-20,43,46H,1-2,9-16,39-40H2,3-6H3,(H,41,47)(H,42,48). The minimum absolute atomic E-state index is 0.0545. The molecule has 2 aliphatic heterocycles. The third kappa shape index (κ3) is 6.95. The van der Waals surface area contributed by atoms with Crippen molar-refractivity contribution in [2.75, 3.05) is 26.2 Å². The summed E-state index contributed by atoms with van der Waals surface area (Å²) >= 11 is 0. The number of carbonyl (C=O) groups excluding carboxylic acids is 2. The number of nitrogens with one attached hydrogen (secondary N) is 4. The molecule has 0 atom stereocenters. The first-order chi connectivity index (χ1) is 23.1. The quantitative estimate of drug-likeness (QED) is 0.152. The predicted octanol–water partition coefficient (Wildman–Crippen LogP) is 5.48. The van der Waals surface area contributed by atoms with E-state index in [1.165, 1.54) is 0 Å². The molecule has 250 valence electrons. The second kappa shape index (κ2) is 14.8. The van der Waals surface area contributed by atoms with Crippen LogP contribution in [0.25, 0.3) is 50.4 Å². The van der Waals surface area contributed by atoms with Crippen LogP contribution in [0.15, 0.2) is 43.5 Å². The second-order valence-electron chi connectivity index (χ2n) is 12.2. The van der Waals surface area contributed by atoms with Gasteiger partial charge in [-0.25, -0.2) is 9.97 Å². The summed E-state index contributed by atoms with van der Waals surface area (Å²) in [4.78, 5) is 42.7. The number of aromatic nitrogens is 4. The molecule has 5 rings (SSSR count). The van der Waals surface area contributed by atoms with Crippen molar-refractivity contribution in [1.29, 1.82) is 0 Å². The smallest absolute Gasteiger partial charge is 0.220 e. The third-order valence-corrected chi connectivity index (χ3v) is 9.18. The van der Waals surface area contributed by atoms with Gasteiger partial charge in [0.25, 0.3) is 0 Å². The lowest BCUT2D eigenvalue weighted by Crippen LogP contribution is -2.29. The maximum Gasteiger partial charge on any atom is 0.220 e. The molecule has 48 heavy (non-hydrogen) atoms. The summed E-state index contributed by atoms with van der Waals surface area (Å²) in [6.45, 7) is 18.1. The highest BCUT2D eigenvalue weighted by Gasteiger charge is 2.21. The molecule has 3 aromatic rings. The summed E-state index contributed by atoms with van der Waals surface area (Å²) in [7, 11) is 0. The Hall–Kier alpha value is -5.06. The number of aromatic amines is 2. The van der Waals surface area contributed by atoms with E-state index in [-0.39, 0.29) is 11.8 Å². The topological polar surface area (TPSA) is 168 Å². The number of nitrogens with zero attached hydrogens (tertiary/aromatic N) is 2. The number of amides is 2. The second-order valence-corrected chi connectivity index (χ2v) is 12.2. The van der Waals surface area contributed by atoms with E-state index >= 15 is 0 Å². The molecular formula is C38H46N8O2. The molecule has 5 heterocycles. The van der Waals surface area contributed by atoms with E-state index in [0.717, 1.165) is 89.4 Å². The van der Waals surface area contributed by atoms with Crippen molar-refractivity contribution in [3.8, 4) is 0 Å². The van der Waals surface area contributed by atoms with Gasteiger partial charge in [0.1, 0.15) is 0 Å². The summed E-state index contributed by atoms with van der Waals surface area (Å²) in [6.07, 6.45) is 5.34. The van der Waals surface area contributed by atoms with Crippen LogP contribution in [0.1, 0.15) is 78.1 Å². The summed E-state index contributed by atoms with van der Waals surface area (Å²) in [5, 5.41) is 5.75. The minimum Gasteiger partial charge on any atom is -0.355 e. The van der Waals surface area contributed by atoms with Crippen LogP contribution in [0.4, 0.5) is 0 Å². The molecule has 0 saturated heterocycles. The average Bonchev–Trinajstić information content (AvgIpc) is 3.73. The summed E-state index contributed by atoms with van der Waals surface area (Å²) in [6, 6.07) is 8.20. The molecule has 3 aromatic heterocycles. The number of hydrogen-bond acceptors (Lipinski definition) is 6. The van der Waals surface area contributed by atoms with Gasteiger partial charge in [0, 0.05) is 72.2 Å². The number of hydrogen-bond donors (Lipinski definition) is 6. The molecule has 0 radical (unpaired) electrons. The van der Waals surface area contributed by atoms with Crippen LogP contribution in [0, 0.1) is 13.8 Å². The van der Waals surface area contributed by atoms with Crippen molar-refractivity contribution in [1.82, 2.24) is 30.6 Å². The first-order valence-electron chi connectivity index (χ1n) is 16.4. The molecule has 2 amide bonds. The Morgan fingerprint density at radius 2 is 1.25 bits per heavy atom. The van der Waals surface area contributed by atoms with Crippen LogP contribution in [0.2, 0.25) is 0 Å². The minimum atomic E-state index is -0.0570. The molecule has 0 fully saturated rings. The maximum atomic E-state index is 12.6. The van der Waals surface area contributed by atoms with Crippen LogP contribution < -0.4 is 22.1 Å². The van der Waals surface area contributed by atoms with E-state index in [4.69, 9.17) is 21.4 Å².